The monoisotopic (exact) mass is 182 g/mol. The zero-order valence-electron chi connectivity index (χ0n) is 8.24. The minimum Gasteiger partial charge on any atom is -0.347 e. The average Bonchev–Trinajstić information content (AvgIpc) is 2.63. The van der Waals surface area contributed by atoms with Crippen molar-refractivity contribution in [2.75, 3.05) is 13.2 Å². The van der Waals surface area contributed by atoms with E-state index >= 15 is 0 Å². The number of allylic oxidation sites excluding steroid dienone is 3. The van der Waals surface area contributed by atoms with Crippen molar-refractivity contribution in [1.29, 1.82) is 0 Å². The van der Waals surface area contributed by atoms with E-state index in [0.29, 0.717) is 13.2 Å². The van der Waals surface area contributed by atoms with E-state index < -0.39 is 0 Å². The molecule has 0 atom stereocenters. The lowest BCUT2D eigenvalue weighted by atomic mass is 10.2. The van der Waals surface area contributed by atoms with Gasteiger partial charge in [-0.25, -0.2) is 0 Å². The molecule has 1 aliphatic heterocycles. The molecule has 13 heavy (non-hydrogen) atoms. The van der Waals surface area contributed by atoms with E-state index in [4.69, 9.17) is 9.47 Å². The number of ether oxygens (including phenoxy) is 2. The molecule has 74 valence electrons. The molecule has 1 aliphatic rings. The van der Waals surface area contributed by atoms with Gasteiger partial charge in [-0.2, -0.15) is 0 Å². The molecule has 0 aliphatic carbocycles. The Labute approximate surface area is 80.2 Å². The predicted molar refractivity (Wildman–Crippen MR) is 53.5 cm³/mol. The number of hydrogen-bond acceptors (Lipinski definition) is 2. The predicted octanol–water partition coefficient (Wildman–Crippen LogP) is 2.66. The van der Waals surface area contributed by atoms with Crippen LogP contribution in [-0.2, 0) is 9.47 Å². The summed E-state index contributed by atoms with van der Waals surface area (Å²) >= 11 is 0. The van der Waals surface area contributed by atoms with Gasteiger partial charge in [0.05, 0.1) is 13.2 Å². The van der Waals surface area contributed by atoms with Crippen LogP contribution in [0.3, 0.4) is 0 Å². The second-order valence-corrected chi connectivity index (χ2v) is 3.07. The molecule has 0 aromatic heterocycles. The Balaban J connectivity index is 2.05. The molecule has 0 aromatic carbocycles. The SMILES string of the molecule is CCCC/C=C/C=C/C1OCCO1. The van der Waals surface area contributed by atoms with E-state index in [1.807, 2.05) is 12.2 Å². The van der Waals surface area contributed by atoms with Crippen LogP contribution in [0.1, 0.15) is 26.2 Å². The molecule has 2 nitrogen and oxygen atoms in total. The molecule has 0 aromatic rings. The van der Waals surface area contributed by atoms with Crippen LogP contribution in [0.2, 0.25) is 0 Å². The molecular weight excluding hydrogens is 164 g/mol. The van der Waals surface area contributed by atoms with Crippen molar-refractivity contribution in [3.63, 3.8) is 0 Å². The molecule has 1 rings (SSSR count). The smallest absolute Gasteiger partial charge is 0.177 e. The van der Waals surface area contributed by atoms with Crippen LogP contribution in [0.5, 0.6) is 0 Å². The summed E-state index contributed by atoms with van der Waals surface area (Å²) in [6.45, 7) is 3.63. The normalized spacial score (nSPS) is 19.5. The van der Waals surface area contributed by atoms with Crippen molar-refractivity contribution >= 4 is 0 Å². The maximum absolute atomic E-state index is 5.24. The van der Waals surface area contributed by atoms with Gasteiger partial charge >= 0.3 is 0 Å². The number of rotatable bonds is 5. The molecule has 0 spiro atoms. The van der Waals surface area contributed by atoms with E-state index in [2.05, 4.69) is 19.1 Å². The summed E-state index contributed by atoms with van der Waals surface area (Å²) in [4.78, 5) is 0. The van der Waals surface area contributed by atoms with E-state index in [1.54, 1.807) is 0 Å². The lowest BCUT2D eigenvalue weighted by Gasteiger charge is -1.99. The lowest BCUT2D eigenvalue weighted by Crippen LogP contribution is -2.01. The Morgan fingerprint density at radius 3 is 2.69 bits per heavy atom. The molecule has 1 heterocycles. The Morgan fingerprint density at radius 1 is 1.23 bits per heavy atom. The van der Waals surface area contributed by atoms with Crippen molar-refractivity contribution in [2.24, 2.45) is 0 Å². The Kier molecular flexibility index (Phi) is 5.54. The van der Waals surface area contributed by atoms with E-state index in [0.717, 1.165) is 6.42 Å². The third kappa shape index (κ3) is 4.86. The average molecular weight is 182 g/mol. The zero-order chi connectivity index (χ0) is 9.36. The molecule has 1 saturated heterocycles. The largest absolute Gasteiger partial charge is 0.347 e. The quantitative estimate of drug-likeness (QED) is 0.480. The van der Waals surface area contributed by atoms with Crippen LogP contribution in [-0.4, -0.2) is 19.5 Å². The molecule has 0 saturated carbocycles. The third-order valence-corrected chi connectivity index (χ3v) is 1.89. The van der Waals surface area contributed by atoms with Crippen LogP contribution >= 0.6 is 0 Å². The first kappa shape index (κ1) is 10.5. The summed E-state index contributed by atoms with van der Waals surface area (Å²) in [7, 11) is 0. The van der Waals surface area contributed by atoms with Gasteiger partial charge in [-0.05, 0) is 12.5 Å². The topological polar surface area (TPSA) is 18.5 Å². The maximum Gasteiger partial charge on any atom is 0.177 e. The number of unbranched alkanes of at least 4 members (excludes halogenated alkanes) is 2. The van der Waals surface area contributed by atoms with Crippen LogP contribution in [0.25, 0.3) is 0 Å². The fourth-order valence-electron chi connectivity index (χ4n) is 1.14. The molecule has 0 unspecified atom stereocenters. The van der Waals surface area contributed by atoms with Gasteiger partial charge in [-0.1, -0.05) is 38.0 Å². The molecule has 0 amide bonds. The Bertz CT molecular complexity index is 167. The highest BCUT2D eigenvalue weighted by Gasteiger charge is 2.10. The van der Waals surface area contributed by atoms with Crippen LogP contribution in [0, 0.1) is 0 Å². The van der Waals surface area contributed by atoms with Gasteiger partial charge in [0.2, 0.25) is 0 Å². The van der Waals surface area contributed by atoms with E-state index in [1.165, 1.54) is 12.8 Å². The van der Waals surface area contributed by atoms with Crippen molar-refractivity contribution in [3.8, 4) is 0 Å². The fourth-order valence-corrected chi connectivity index (χ4v) is 1.14. The number of hydrogen-bond donors (Lipinski definition) is 0. The van der Waals surface area contributed by atoms with Crippen molar-refractivity contribution < 1.29 is 9.47 Å². The van der Waals surface area contributed by atoms with Crippen LogP contribution in [0.4, 0.5) is 0 Å². The van der Waals surface area contributed by atoms with Gasteiger partial charge in [-0.3, -0.25) is 0 Å². The van der Waals surface area contributed by atoms with Gasteiger partial charge in [0, 0.05) is 0 Å². The first-order valence-corrected chi connectivity index (χ1v) is 5.00. The maximum atomic E-state index is 5.24. The Hall–Kier alpha value is -0.600. The van der Waals surface area contributed by atoms with Crippen molar-refractivity contribution in [2.45, 2.75) is 32.5 Å². The minimum atomic E-state index is -0.115. The van der Waals surface area contributed by atoms with Gasteiger partial charge in [0.25, 0.3) is 0 Å². The highest BCUT2D eigenvalue weighted by molar-refractivity contribution is 5.03. The molecule has 2 heteroatoms. The van der Waals surface area contributed by atoms with Gasteiger partial charge in [0.1, 0.15) is 0 Å². The highest BCUT2D eigenvalue weighted by atomic mass is 16.7. The molecule has 1 fully saturated rings. The molecular formula is C11H18O2. The summed E-state index contributed by atoms with van der Waals surface area (Å²) in [6, 6.07) is 0. The highest BCUT2D eigenvalue weighted by Crippen LogP contribution is 2.04. The molecule has 0 bridgehead atoms. The lowest BCUT2D eigenvalue weighted by molar-refractivity contribution is -0.00152. The van der Waals surface area contributed by atoms with E-state index in [9.17, 15) is 0 Å². The second kappa shape index (κ2) is 6.87. The zero-order valence-corrected chi connectivity index (χ0v) is 8.24. The van der Waals surface area contributed by atoms with Gasteiger partial charge in [0.15, 0.2) is 6.29 Å². The second-order valence-electron chi connectivity index (χ2n) is 3.07. The van der Waals surface area contributed by atoms with Gasteiger partial charge < -0.3 is 9.47 Å². The minimum absolute atomic E-state index is 0.115. The van der Waals surface area contributed by atoms with Crippen LogP contribution < -0.4 is 0 Å². The van der Waals surface area contributed by atoms with E-state index in [-0.39, 0.29) is 6.29 Å². The fraction of sp³-hybridized carbons (Fsp3) is 0.636. The molecule has 0 radical (unpaired) electrons. The summed E-state index contributed by atoms with van der Waals surface area (Å²) < 4.78 is 10.5. The Morgan fingerprint density at radius 2 is 2.00 bits per heavy atom. The summed E-state index contributed by atoms with van der Waals surface area (Å²) in [5, 5.41) is 0. The third-order valence-electron chi connectivity index (χ3n) is 1.89. The first-order chi connectivity index (χ1) is 6.43. The van der Waals surface area contributed by atoms with Crippen molar-refractivity contribution in [3.05, 3.63) is 24.3 Å². The standard InChI is InChI=1S/C11H18O2/c1-2-3-4-5-6-7-8-11-12-9-10-13-11/h5-8,11H,2-4,9-10H2,1H3/b6-5+,8-7+. The van der Waals surface area contributed by atoms with Crippen LogP contribution in [0.15, 0.2) is 24.3 Å². The summed E-state index contributed by atoms with van der Waals surface area (Å²) in [6.07, 6.45) is 11.7. The van der Waals surface area contributed by atoms with Gasteiger partial charge in [-0.15, -0.1) is 0 Å². The van der Waals surface area contributed by atoms with Crippen molar-refractivity contribution in [1.82, 2.24) is 0 Å². The first-order valence-electron chi connectivity index (χ1n) is 5.00. The summed E-state index contributed by atoms with van der Waals surface area (Å²) in [5.74, 6) is 0. The summed E-state index contributed by atoms with van der Waals surface area (Å²) in [5.41, 5.74) is 0. The molecule has 0 N–H and O–H groups in total.